The fourth-order valence-electron chi connectivity index (χ4n) is 2.34. The van der Waals surface area contributed by atoms with E-state index in [9.17, 15) is 0 Å². The summed E-state index contributed by atoms with van der Waals surface area (Å²) >= 11 is 6.32. The summed E-state index contributed by atoms with van der Waals surface area (Å²) < 4.78 is 7.20. The maximum atomic E-state index is 6.32. The molecular weight excluding hydrogens is 312 g/mol. The van der Waals surface area contributed by atoms with Gasteiger partial charge < -0.3 is 10.1 Å². The van der Waals surface area contributed by atoms with Gasteiger partial charge in [0.15, 0.2) is 5.65 Å². The maximum Gasteiger partial charge on any atom is 0.159 e. The van der Waals surface area contributed by atoms with Gasteiger partial charge in [-0.25, -0.2) is 4.98 Å². The van der Waals surface area contributed by atoms with E-state index in [1.165, 1.54) is 0 Å². The highest BCUT2D eigenvalue weighted by atomic mass is 35.5. The monoisotopic (exact) mass is 328 g/mol. The summed E-state index contributed by atoms with van der Waals surface area (Å²) in [6.45, 7) is 6.39. The van der Waals surface area contributed by atoms with Crippen LogP contribution in [0.3, 0.4) is 0 Å². The Morgan fingerprint density at radius 2 is 2.09 bits per heavy atom. The van der Waals surface area contributed by atoms with Crippen molar-refractivity contribution >= 4 is 28.8 Å². The van der Waals surface area contributed by atoms with Crippen LogP contribution in [0.5, 0.6) is 5.75 Å². The Morgan fingerprint density at radius 1 is 1.30 bits per heavy atom. The van der Waals surface area contributed by atoms with Crippen molar-refractivity contribution in [2.45, 2.75) is 13.3 Å². The summed E-state index contributed by atoms with van der Waals surface area (Å²) in [5, 5.41) is 8.14. The highest BCUT2D eigenvalue weighted by Crippen LogP contribution is 2.28. The van der Waals surface area contributed by atoms with E-state index in [1.54, 1.807) is 16.8 Å². The predicted molar refractivity (Wildman–Crippen MR) is 92.8 cm³/mol. The topological polar surface area (TPSA) is 51.5 Å². The molecular formula is C17H17ClN4O. The van der Waals surface area contributed by atoms with E-state index >= 15 is 0 Å². The largest absolute Gasteiger partial charge is 0.494 e. The van der Waals surface area contributed by atoms with Crippen LogP contribution in [0.15, 0.2) is 49.2 Å². The quantitative estimate of drug-likeness (QED) is 0.543. The first-order valence-electron chi connectivity index (χ1n) is 7.35. The molecule has 0 aliphatic carbocycles. The van der Waals surface area contributed by atoms with E-state index in [1.807, 2.05) is 37.3 Å². The lowest BCUT2D eigenvalue weighted by Gasteiger charge is -2.14. The van der Waals surface area contributed by atoms with Crippen LogP contribution < -0.4 is 10.1 Å². The van der Waals surface area contributed by atoms with Gasteiger partial charge in [0.2, 0.25) is 0 Å². The van der Waals surface area contributed by atoms with Gasteiger partial charge in [-0.2, -0.15) is 9.61 Å². The highest BCUT2D eigenvalue weighted by molar-refractivity contribution is 6.30. The number of nitrogens with one attached hydrogen (secondary N) is 1. The Labute approximate surface area is 139 Å². The summed E-state index contributed by atoms with van der Waals surface area (Å²) in [5.41, 5.74) is 2.46. The van der Waals surface area contributed by atoms with Crippen LogP contribution in [0.2, 0.25) is 5.15 Å². The van der Waals surface area contributed by atoms with Crippen LogP contribution in [0.1, 0.15) is 12.5 Å². The van der Waals surface area contributed by atoms with Crippen molar-refractivity contribution in [3.8, 4) is 5.75 Å². The molecule has 0 aliphatic heterocycles. The van der Waals surface area contributed by atoms with Crippen LogP contribution >= 0.6 is 11.6 Å². The average molecular weight is 329 g/mol. The zero-order valence-corrected chi connectivity index (χ0v) is 13.5. The summed E-state index contributed by atoms with van der Waals surface area (Å²) in [6.07, 6.45) is 4.09. The lowest BCUT2D eigenvalue weighted by Crippen LogP contribution is -2.06. The lowest BCUT2D eigenvalue weighted by molar-refractivity contribution is 0.340. The third-order valence-electron chi connectivity index (χ3n) is 3.36. The molecule has 1 aromatic carbocycles. The summed E-state index contributed by atoms with van der Waals surface area (Å²) in [4.78, 5) is 4.35. The van der Waals surface area contributed by atoms with Gasteiger partial charge in [0.25, 0.3) is 0 Å². The number of anilines is 2. The average Bonchev–Trinajstić information content (AvgIpc) is 3.01. The first kappa shape index (κ1) is 15.4. The Bertz CT molecular complexity index is 826. The minimum atomic E-state index is 0.450. The summed E-state index contributed by atoms with van der Waals surface area (Å²) in [7, 11) is 0. The number of rotatable bonds is 6. The standard InChI is InChI=1S/C17H17ClN4O/c1-3-5-14-16(18)21-15-10-11-19-22(15)17(14)20-12-6-8-13(9-7-12)23-4-2/h3,6-11,20H,1,4-5H2,2H3. The molecule has 0 amide bonds. The molecule has 0 spiro atoms. The molecule has 5 nitrogen and oxygen atoms in total. The van der Waals surface area contributed by atoms with Crippen LogP contribution in [-0.2, 0) is 6.42 Å². The van der Waals surface area contributed by atoms with Crippen LogP contribution in [0, 0.1) is 0 Å². The Balaban J connectivity index is 2.01. The molecule has 0 atom stereocenters. The van der Waals surface area contributed by atoms with E-state index in [2.05, 4.69) is 22.0 Å². The molecule has 6 heteroatoms. The lowest BCUT2D eigenvalue weighted by atomic mass is 10.2. The van der Waals surface area contributed by atoms with Crippen molar-refractivity contribution in [1.82, 2.24) is 14.6 Å². The van der Waals surface area contributed by atoms with Crippen molar-refractivity contribution in [3.05, 3.63) is 59.9 Å². The van der Waals surface area contributed by atoms with Gasteiger partial charge in [-0.05, 0) is 37.6 Å². The normalized spacial score (nSPS) is 10.7. The second kappa shape index (κ2) is 6.71. The van der Waals surface area contributed by atoms with E-state index in [0.717, 1.165) is 22.8 Å². The van der Waals surface area contributed by atoms with Gasteiger partial charge in [0.1, 0.15) is 16.7 Å². The molecule has 0 saturated heterocycles. The van der Waals surface area contributed by atoms with E-state index in [4.69, 9.17) is 16.3 Å². The van der Waals surface area contributed by atoms with Crippen molar-refractivity contribution in [2.24, 2.45) is 0 Å². The summed E-state index contributed by atoms with van der Waals surface area (Å²) in [5.74, 6) is 1.62. The molecule has 3 rings (SSSR count). The van der Waals surface area contributed by atoms with Crippen LogP contribution in [0.25, 0.3) is 5.65 Å². The SMILES string of the molecule is C=CCc1c(Cl)nc2ccnn2c1Nc1ccc(OCC)cc1. The van der Waals surface area contributed by atoms with Crippen molar-refractivity contribution in [3.63, 3.8) is 0 Å². The maximum absolute atomic E-state index is 6.32. The van der Waals surface area contributed by atoms with E-state index in [0.29, 0.717) is 23.8 Å². The third kappa shape index (κ3) is 3.14. The highest BCUT2D eigenvalue weighted by Gasteiger charge is 2.14. The molecule has 118 valence electrons. The zero-order valence-electron chi connectivity index (χ0n) is 12.8. The third-order valence-corrected chi connectivity index (χ3v) is 3.67. The van der Waals surface area contributed by atoms with Gasteiger partial charge >= 0.3 is 0 Å². The fraction of sp³-hybridized carbons (Fsp3) is 0.176. The fourth-order valence-corrected chi connectivity index (χ4v) is 2.59. The Kier molecular flexibility index (Phi) is 4.48. The van der Waals surface area contributed by atoms with E-state index in [-0.39, 0.29) is 0 Å². The van der Waals surface area contributed by atoms with Gasteiger partial charge in [-0.15, -0.1) is 6.58 Å². The summed E-state index contributed by atoms with van der Waals surface area (Å²) in [6, 6.07) is 9.55. The van der Waals surface area contributed by atoms with Gasteiger partial charge in [-0.1, -0.05) is 17.7 Å². The number of benzene rings is 1. The van der Waals surface area contributed by atoms with Gasteiger partial charge in [0.05, 0.1) is 12.8 Å². The molecule has 0 saturated carbocycles. The molecule has 0 radical (unpaired) electrons. The molecule has 0 unspecified atom stereocenters. The number of nitrogens with zero attached hydrogens (tertiary/aromatic N) is 3. The molecule has 0 aliphatic rings. The number of allylic oxidation sites excluding steroid dienone is 1. The van der Waals surface area contributed by atoms with Crippen molar-refractivity contribution in [2.75, 3.05) is 11.9 Å². The smallest absolute Gasteiger partial charge is 0.159 e. The van der Waals surface area contributed by atoms with Crippen LogP contribution in [-0.4, -0.2) is 21.2 Å². The Hall–Kier alpha value is -2.53. The minimum Gasteiger partial charge on any atom is -0.494 e. The number of hydrogen-bond donors (Lipinski definition) is 1. The van der Waals surface area contributed by atoms with Gasteiger partial charge in [0, 0.05) is 17.3 Å². The molecule has 23 heavy (non-hydrogen) atoms. The predicted octanol–water partition coefficient (Wildman–Crippen LogP) is 4.25. The number of aromatic nitrogens is 3. The minimum absolute atomic E-state index is 0.450. The van der Waals surface area contributed by atoms with Crippen molar-refractivity contribution in [1.29, 1.82) is 0 Å². The molecule has 3 aromatic rings. The number of fused-ring (bicyclic) bond motifs is 1. The van der Waals surface area contributed by atoms with Crippen molar-refractivity contribution < 1.29 is 4.74 Å². The Morgan fingerprint density at radius 3 is 2.78 bits per heavy atom. The zero-order chi connectivity index (χ0) is 16.2. The van der Waals surface area contributed by atoms with E-state index < -0.39 is 0 Å². The number of halogens is 1. The molecule has 2 aromatic heterocycles. The number of hydrogen-bond acceptors (Lipinski definition) is 4. The number of ether oxygens (including phenoxy) is 1. The molecule has 0 fully saturated rings. The second-order valence-corrected chi connectivity index (χ2v) is 5.26. The second-order valence-electron chi connectivity index (χ2n) is 4.91. The van der Waals surface area contributed by atoms with Gasteiger partial charge in [-0.3, -0.25) is 0 Å². The molecule has 2 heterocycles. The molecule has 0 bridgehead atoms. The van der Waals surface area contributed by atoms with Crippen LogP contribution in [0.4, 0.5) is 11.5 Å². The first-order valence-corrected chi connectivity index (χ1v) is 7.73. The first-order chi connectivity index (χ1) is 11.2. The molecule has 1 N–H and O–H groups in total.